The number of hydrogen-bond acceptors (Lipinski definition) is 5. The molecule has 0 aromatic heterocycles. The Kier molecular flexibility index (Phi) is 7.11. The van der Waals surface area contributed by atoms with E-state index in [1.54, 1.807) is 0 Å². The average molecular weight is 492 g/mol. The minimum Gasteiger partial charge on any atom is -0.494 e. The molecule has 2 aromatic carbocycles. The fourth-order valence-electron chi connectivity index (χ4n) is 5.28. The Hall–Kier alpha value is -1.60. The van der Waals surface area contributed by atoms with Crippen LogP contribution >= 0.6 is 11.6 Å². The van der Waals surface area contributed by atoms with Crippen LogP contribution in [0.5, 0.6) is 5.75 Å². The van der Waals surface area contributed by atoms with Crippen LogP contribution in [0.4, 0.5) is 0 Å². The van der Waals surface area contributed by atoms with Crippen LogP contribution in [0.25, 0.3) is 0 Å². The first kappa shape index (κ1) is 24.5. The first-order chi connectivity index (χ1) is 15.6. The molecule has 2 aromatic rings. The van der Waals surface area contributed by atoms with Gasteiger partial charge in [-0.2, -0.15) is 0 Å². The van der Waals surface area contributed by atoms with Crippen molar-refractivity contribution in [2.45, 2.75) is 63.0 Å². The van der Waals surface area contributed by atoms with Crippen molar-refractivity contribution in [2.75, 3.05) is 24.7 Å². The van der Waals surface area contributed by atoms with Crippen LogP contribution in [0, 0.1) is 0 Å². The highest BCUT2D eigenvalue weighted by molar-refractivity contribution is 7.91. The lowest BCUT2D eigenvalue weighted by Crippen LogP contribution is -2.49. The molecular formula is C26H34ClNO4S. The first-order valence-electron chi connectivity index (χ1n) is 11.8. The van der Waals surface area contributed by atoms with Gasteiger partial charge < -0.3 is 15.2 Å². The topological polar surface area (TPSA) is 75.6 Å². The highest BCUT2D eigenvalue weighted by atomic mass is 35.5. The maximum Gasteiger partial charge on any atom is 0.153 e. The lowest BCUT2D eigenvalue weighted by Gasteiger charge is -2.50. The van der Waals surface area contributed by atoms with Gasteiger partial charge in [0.05, 0.1) is 23.7 Å². The van der Waals surface area contributed by atoms with Crippen molar-refractivity contribution in [3.8, 4) is 5.75 Å². The fraction of sp³-hybridized carbons (Fsp3) is 0.538. The van der Waals surface area contributed by atoms with Gasteiger partial charge in [0.15, 0.2) is 9.84 Å². The zero-order valence-electron chi connectivity index (χ0n) is 19.4. The van der Waals surface area contributed by atoms with E-state index in [2.05, 4.69) is 29.6 Å². The van der Waals surface area contributed by atoms with Crippen molar-refractivity contribution in [3.05, 3.63) is 64.2 Å². The SMILES string of the molecule is CC(C)(O)CS(=O)(=O)CCCOc1ccc2c(c1)C(C1(c3ccc(Cl)cc3)CCC1)NCC2. The van der Waals surface area contributed by atoms with Crippen molar-refractivity contribution in [1.29, 1.82) is 0 Å². The van der Waals surface area contributed by atoms with Gasteiger partial charge in [0.1, 0.15) is 5.75 Å². The Morgan fingerprint density at radius 3 is 2.55 bits per heavy atom. The summed E-state index contributed by atoms with van der Waals surface area (Å²) >= 11 is 6.15. The van der Waals surface area contributed by atoms with E-state index in [1.807, 2.05) is 18.2 Å². The van der Waals surface area contributed by atoms with Gasteiger partial charge in [-0.25, -0.2) is 8.42 Å². The number of nitrogens with one attached hydrogen (secondary N) is 1. The van der Waals surface area contributed by atoms with Crippen LogP contribution in [0.3, 0.4) is 0 Å². The molecule has 33 heavy (non-hydrogen) atoms. The maximum atomic E-state index is 12.2. The van der Waals surface area contributed by atoms with Gasteiger partial charge in [-0.05, 0) is 87.0 Å². The standard InChI is InChI=1S/C26H34ClNO4S/c1-25(2,29)18-33(30,31)16-4-15-32-22-10-5-19-11-14-28-24(23(19)17-22)26(12-3-13-26)20-6-8-21(27)9-7-20/h5-10,17,24,28-29H,3-4,11-16,18H2,1-2H3. The number of benzene rings is 2. The minimum absolute atomic E-state index is 0.00574. The van der Waals surface area contributed by atoms with Crippen LogP contribution in [-0.4, -0.2) is 43.8 Å². The monoisotopic (exact) mass is 491 g/mol. The molecule has 0 saturated heterocycles. The molecule has 1 saturated carbocycles. The highest BCUT2D eigenvalue weighted by Crippen LogP contribution is 2.53. The van der Waals surface area contributed by atoms with Gasteiger partial charge in [0, 0.05) is 16.5 Å². The predicted molar refractivity (Wildman–Crippen MR) is 133 cm³/mol. The molecule has 5 nitrogen and oxygen atoms in total. The summed E-state index contributed by atoms with van der Waals surface area (Å²) in [6.45, 7) is 4.30. The lowest BCUT2D eigenvalue weighted by atomic mass is 9.58. The molecule has 1 unspecified atom stereocenters. The zero-order chi connectivity index (χ0) is 23.7. The summed E-state index contributed by atoms with van der Waals surface area (Å²) in [7, 11) is -3.32. The number of rotatable bonds is 9. The molecule has 0 amide bonds. The molecule has 7 heteroatoms. The molecule has 1 fully saturated rings. The summed E-state index contributed by atoms with van der Waals surface area (Å²) in [6.07, 6.45) is 4.86. The summed E-state index contributed by atoms with van der Waals surface area (Å²) in [4.78, 5) is 0. The van der Waals surface area contributed by atoms with E-state index in [-0.39, 0.29) is 23.0 Å². The molecule has 0 radical (unpaired) electrons. The summed E-state index contributed by atoms with van der Waals surface area (Å²) in [6, 6.07) is 14.8. The molecule has 2 N–H and O–H groups in total. The summed E-state index contributed by atoms with van der Waals surface area (Å²) < 4.78 is 30.3. The molecule has 1 aliphatic heterocycles. The Morgan fingerprint density at radius 2 is 1.91 bits per heavy atom. The first-order valence-corrected chi connectivity index (χ1v) is 14.0. The fourth-order valence-corrected chi connectivity index (χ4v) is 7.18. The number of ether oxygens (including phenoxy) is 1. The second kappa shape index (κ2) is 9.57. The van der Waals surface area contributed by atoms with E-state index >= 15 is 0 Å². The highest BCUT2D eigenvalue weighted by Gasteiger charge is 2.47. The molecule has 0 bridgehead atoms. The second-order valence-corrected chi connectivity index (χ2v) is 12.7. The number of fused-ring (bicyclic) bond motifs is 1. The van der Waals surface area contributed by atoms with Gasteiger partial charge in [-0.1, -0.05) is 36.2 Å². The van der Waals surface area contributed by atoms with E-state index in [0.717, 1.165) is 36.6 Å². The summed E-state index contributed by atoms with van der Waals surface area (Å²) in [5.41, 5.74) is 2.79. The van der Waals surface area contributed by atoms with Crippen molar-refractivity contribution in [2.24, 2.45) is 0 Å². The lowest BCUT2D eigenvalue weighted by molar-refractivity contribution is 0.105. The third-order valence-corrected chi connectivity index (χ3v) is 9.14. The molecule has 1 heterocycles. The van der Waals surface area contributed by atoms with Crippen LogP contribution in [0.15, 0.2) is 42.5 Å². The van der Waals surface area contributed by atoms with E-state index < -0.39 is 15.4 Å². The van der Waals surface area contributed by atoms with E-state index in [1.165, 1.54) is 37.0 Å². The van der Waals surface area contributed by atoms with E-state index in [0.29, 0.717) is 13.0 Å². The van der Waals surface area contributed by atoms with E-state index in [9.17, 15) is 13.5 Å². The van der Waals surface area contributed by atoms with Crippen LogP contribution in [0.2, 0.25) is 5.02 Å². The molecular weight excluding hydrogens is 458 g/mol. The van der Waals surface area contributed by atoms with Crippen LogP contribution in [-0.2, 0) is 21.7 Å². The van der Waals surface area contributed by atoms with Gasteiger partial charge in [0.2, 0.25) is 0 Å². The molecule has 1 atom stereocenters. The zero-order valence-corrected chi connectivity index (χ0v) is 21.0. The van der Waals surface area contributed by atoms with Gasteiger partial charge in [-0.3, -0.25) is 0 Å². The normalized spacial score (nSPS) is 20.1. The van der Waals surface area contributed by atoms with Gasteiger partial charge in [0.25, 0.3) is 0 Å². The Bertz CT molecular complexity index is 1070. The molecule has 180 valence electrons. The van der Waals surface area contributed by atoms with Gasteiger partial charge in [-0.15, -0.1) is 0 Å². The number of hydrogen-bond donors (Lipinski definition) is 2. The van der Waals surface area contributed by atoms with Crippen molar-refractivity contribution in [1.82, 2.24) is 5.32 Å². The van der Waals surface area contributed by atoms with Crippen molar-refractivity contribution < 1.29 is 18.3 Å². The quantitative estimate of drug-likeness (QED) is 0.501. The Labute approximate surface area is 202 Å². The minimum atomic E-state index is -3.32. The van der Waals surface area contributed by atoms with Crippen LogP contribution in [0.1, 0.15) is 62.3 Å². The Balaban J connectivity index is 1.47. The third kappa shape index (κ3) is 5.73. The van der Waals surface area contributed by atoms with Crippen molar-refractivity contribution in [3.63, 3.8) is 0 Å². The predicted octanol–water partition coefficient (Wildman–Crippen LogP) is 4.60. The number of aliphatic hydroxyl groups is 1. The smallest absolute Gasteiger partial charge is 0.153 e. The van der Waals surface area contributed by atoms with Crippen molar-refractivity contribution >= 4 is 21.4 Å². The van der Waals surface area contributed by atoms with Gasteiger partial charge >= 0.3 is 0 Å². The number of halogens is 1. The Morgan fingerprint density at radius 1 is 1.18 bits per heavy atom. The summed E-state index contributed by atoms with van der Waals surface area (Å²) in [5, 5.41) is 14.3. The summed E-state index contributed by atoms with van der Waals surface area (Å²) in [5.74, 6) is 0.540. The second-order valence-electron chi connectivity index (χ2n) is 10.1. The average Bonchev–Trinajstić information content (AvgIpc) is 2.70. The molecule has 0 spiro atoms. The molecule has 4 rings (SSSR count). The number of sulfone groups is 1. The third-order valence-electron chi connectivity index (χ3n) is 6.83. The molecule has 1 aliphatic carbocycles. The molecule has 2 aliphatic rings. The largest absolute Gasteiger partial charge is 0.494 e. The maximum absolute atomic E-state index is 12.2. The van der Waals surface area contributed by atoms with Crippen LogP contribution < -0.4 is 10.1 Å². The van der Waals surface area contributed by atoms with E-state index in [4.69, 9.17) is 16.3 Å².